The molecule has 94 valence electrons. The highest BCUT2D eigenvalue weighted by atomic mass is 127. The molecule has 2 aromatic rings. The number of halogens is 2. The highest BCUT2D eigenvalue weighted by molar-refractivity contribution is 14.1. The number of thiazole rings is 1. The zero-order valence-corrected chi connectivity index (χ0v) is 13.3. The fraction of sp³-hybridized carbons (Fsp3) is 0.417. The van der Waals surface area contributed by atoms with E-state index in [2.05, 4.69) is 32.6 Å². The van der Waals surface area contributed by atoms with Crippen molar-refractivity contribution in [3.8, 4) is 10.8 Å². The van der Waals surface area contributed by atoms with Crippen molar-refractivity contribution in [2.45, 2.75) is 31.6 Å². The first-order chi connectivity index (χ1) is 8.75. The van der Waals surface area contributed by atoms with E-state index in [4.69, 9.17) is 16.6 Å². The van der Waals surface area contributed by atoms with E-state index in [1.165, 1.54) is 25.7 Å². The van der Waals surface area contributed by atoms with Gasteiger partial charge < -0.3 is 0 Å². The minimum atomic E-state index is 0.538. The summed E-state index contributed by atoms with van der Waals surface area (Å²) in [6.07, 6.45) is 6.76. The van der Waals surface area contributed by atoms with Crippen LogP contribution in [0, 0.1) is 3.57 Å². The van der Waals surface area contributed by atoms with Gasteiger partial charge in [-0.1, -0.05) is 24.4 Å². The van der Waals surface area contributed by atoms with Crippen molar-refractivity contribution in [3.63, 3.8) is 0 Å². The van der Waals surface area contributed by atoms with Gasteiger partial charge in [0.15, 0.2) is 10.8 Å². The fourth-order valence-electron chi connectivity index (χ4n) is 2.34. The van der Waals surface area contributed by atoms with Crippen LogP contribution in [-0.4, -0.2) is 15.0 Å². The molecule has 2 aromatic heterocycles. The average Bonchev–Trinajstić information content (AvgIpc) is 3.03. The lowest BCUT2D eigenvalue weighted by molar-refractivity contribution is 0.690. The molecule has 1 aliphatic rings. The minimum Gasteiger partial charge on any atom is -0.241 e. The van der Waals surface area contributed by atoms with Gasteiger partial charge in [0.1, 0.15) is 5.15 Å². The normalized spacial score (nSPS) is 16.3. The van der Waals surface area contributed by atoms with Crippen LogP contribution in [-0.2, 0) is 0 Å². The number of aromatic nitrogens is 3. The van der Waals surface area contributed by atoms with E-state index >= 15 is 0 Å². The molecule has 18 heavy (non-hydrogen) atoms. The lowest BCUT2D eigenvalue weighted by Crippen LogP contribution is -2.04. The van der Waals surface area contributed by atoms with Gasteiger partial charge in [0.05, 0.1) is 9.26 Å². The van der Waals surface area contributed by atoms with Crippen molar-refractivity contribution in [1.82, 2.24) is 15.0 Å². The number of nitrogens with zero attached hydrogens (tertiary/aromatic N) is 3. The summed E-state index contributed by atoms with van der Waals surface area (Å²) in [5, 5.41) is 3.32. The first-order valence-electron chi connectivity index (χ1n) is 5.88. The third kappa shape index (κ3) is 2.40. The first kappa shape index (κ1) is 12.7. The third-order valence-corrected chi connectivity index (χ3v) is 5.63. The van der Waals surface area contributed by atoms with Crippen LogP contribution in [0.25, 0.3) is 10.8 Å². The fourth-order valence-corrected chi connectivity index (χ4v) is 3.76. The van der Waals surface area contributed by atoms with E-state index < -0.39 is 0 Å². The van der Waals surface area contributed by atoms with Crippen LogP contribution >= 0.6 is 45.5 Å². The Morgan fingerprint density at radius 2 is 2.06 bits per heavy atom. The molecule has 2 heterocycles. The molecule has 0 aliphatic heterocycles. The molecule has 0 spiro atoms. The zero-order chi connectivity index (χ0) is 12.5. The number of rotatable bonds is 2. The molecule has 3 rings (SSSR count). The maximum absolute atomic E-state index is 6.23. The molecule has 0 amide bonds. The molecule has 0 aromatic carbocycles. The monoisotopic (exact) mass is 391 g/mol. The molecule has 6 heteroatoms. The zero-order valence-electron chi connectivity index (χ0n) is 9.57. The standard InChI is InChI=1S/C12H11ClIN3S/c13-10-8(14)9(7-3-1-2-4-7)16-11(17-10)12-15-5-6-18-12/h5-7H,1-4H2. The smallest absolute Gasteiger partial charge is 0.190 e. The Morgan fingerprint density at radius 1 is 1.28 bits per heavy atom. The van der Waals surface area contributed by atoms with Crippen LogP contribution < -0.4 is 0 Å². The Kier molecular flexibility index (Phi) is 3.81. The predicted molar refractivity (Wildman–Crippen MR) is 82.1 cm³/mol. The van der Waals surface area contributed by atoms with Crippen molar-refractivity contribution in [3.05, 3.63) is 26.0 Å². The Hall–Kier alpha value is -0.270. The Bertz CT molecular complexity index is 553. The number of hydrogen-bond donors (Lipinski definition) is 0. The highest BCUT2D eigenvalue weighted by Gasteiger charge is 2.24. The van der Waals surface area contributed by atoms with Gasteiger partial charge >= 0.3 is 0 Å². The summed E-state index contributed by atoms with van der Waals surface area (Å²) in [4.78, 5) is 13.3. The highest BCUT2D eigenvalue weighted by Crippen LogP contribution is 2.37. The van der Waals surface area contributed by atoms with Gasteiger partial charge in [0.2, 0.25) is 0 Å². The summed E-state index contributed by atoms with van der Waals surface area (Å²) >= 11 is 10.0. The molecule has 0 radical (unpaired) electrons. The summed E-state index contributed by atoms with van der Waals surface area (Å²) in [5.41, 5.74) is 1.11. The van der Waals surface area contributed by atoms with Crippen LogP contribution in [0.2, 0.25) is 5.15 Å². The molecular weight excluding hydrogens is 381 g/mol. The summed E-state index contributed by atoms with van der Waals surface area (Å²) in [6.45, 7) is 0. The summed E-state index contributed by atoms with van der Waals surface area (Å²) in [5.74, 6) is 1.20. The van der Waals surface area contributed by atoms with E-state index in [-0.39, 0.29) is 0 Å². The molecule has 0 bridgehead atoms. The number of hydrogen-bond acceptors (Lipinski definition) is 4. The molecule has 1 aliphatic carbocycles. The quantitative estimate of drug-likeness (QED) is 0.558. The second kappa shape index (κ2) is 5.38. The van der Waals surface area contributed by atoms with Gasteiger partial charge in [-0.05, 0) is 35.4 Å². The second-order valence-electron chi connectivity index (χ2n) is 4.36. The predicted octanol–water partition coefficient (Wildman–Crippen LogP) is 4.52. The van der Waals surface area contributed by atoms with Gasteiger partial charge in [-0.15, -0.1) is 11.3 Å². The van der Waals surface area contributed by atoms with Crippen LogP contribution in [0.1, 0.15) is 37.3 Å². The van der Waals surface area contributed by atoms with E-state index in [1.807, 2.05) is 5.38 Å². The minimum absolute atomic E-state index is 0.538. The van der Waals surface area contributed by atoms with Gasteiger partial charge in [-0.2, -0.15) is 0 Å². The Labute approximate surface area is 128 Å². The van der Waals surface area contributed by atoms with Crippen LogP contribution in [0.3, 0.4) is 0 Å². The average molecular weight is 392 g/mol. The van der Waals surface area contributed by atoms with Crippen LogP contribution in [0.4, 0.5) is 0 Å². The van der Waals surface area contributed by atoms with Gasteiger partial charge in [-0.3, -0.25) is 0 Å². The van der Waals surface area contributed by atoms with Crippen molar-refractivity contribution >= 4 is 45.5 Å². The second-order valence-corrected chi connectivity index (χ2v) is 6.69. The van der Waals surface area contributed by atoms with E-state index in [0.717, 1.165) is 14.3 Å². The summed E-state index contributed by atoms with van der Waals surface area (Å²) in [6, 6.07) is 0. The van der Waals surface area contributed by atoms with Crippen molar-refractivity contribution in [1.29, 1.82) is 0 Å². The molecule has 0 N–H and O–H groups in total. The maximum Gasteiger partial charge on any atom is 0.190 e. The lowest BCUT2D eigenvalue weighted by Gasteiger charge is -2.12. The largest absolute Gasteiger partial charge is 0.241 e. The summed E-state index contributed by atoms with van der Waals surface area (Å²) in [7, 11) is 0. The van der Waals surface area contributed by atoms with E-state index in [9.17, 15) is 0 Å². The molecule has 0 unspecified atom stereocenters. The van der Waals surface area contributed by atoms with Crippen LogP contribution in [0.5, 0.6) is 0 Å². The molecule has 0 atom stereocenters. The molecule has 3 nitrogen and oxygen atoms in total. The molecular formula is C12H11ClIN3S. The van der Waals surface area contributed by atoms with Crippen LogP contribution in [0.15, 0.2) is 11.6 Å². The first-order valence-corrected chi connectivity index (χ1v) is 8.22. The Morgan fingerprint density at radius 3 is 2.72 bits per heavy atom. The summed E-state index contributed by atoms with van der Waals surface area (Å²) < 4.78 is 1.00. The SMILES string of the molecule is Clc1nc(-c2nccs2)nc(C2CCCC2)c1I. The molecule has 1 saturated carbocycles. The van der Waals surface area contributed by atoms with Crippen molar-refractivity contribution in [2.24, 2.45) is 0 Å². The van der Waals surface area contributed by atoms with Gasteiger partial charge in [0, 0.05) is 17.5 Å². The third-order valence-electron chi connectivity index (χ3n) is 3.20. The molecule has 0 saturated heterocycles. The lowest BCUT2D eigenvalue weighted by atomic mass is 10.0. The molecule has 1 fully saturated rings. The van der Waals surface area contributed by atoms with E-state index in [1.54, 1.807) is 17.5 Å². The van der Waals surface area contributed by atoms with Crippen molar-refractivity contribution in [2.75, 3.05) is 0 Å². The maximum atomic E-state index is 6.23. The van der Waals surface area contributed by atoms with E-state index in [0.29, 0.717) is 16.9 Å². The van der Waals surface area contributed by atoms with Crippen molar-refractivity contribution < 1.29 is 0 Å². The van der Waals surface area contributed by atoms with Gasteiger partial charge in [-0.25, -0.2) is 15.0 Å². The topological polar surface area (TPSA) is 38.7 Å². The van der Waals surface area contributed by atoms with Gasteiger partial charge in [0.25, 0.3) is 0 Å². The Balaban J connectivity index is 2.07.